The van der Waals surface area contributed by atoms with Crippen LogP contribution >= 0.6 is 0 Å². The molecule has 0 bridgehead atoms. The lowest BCUT2D eigenvalue weighted by atomic mass is 10.4. The number of carboxylic acids is 1. The van der Waals surface area contributed by atoms with Crippen molar-refractivity contribution in [2.75, 3.05) is 20.2 Å². The minimum absolute atomic E-state index is 0.0553. The average Bonchev–Trinajstić information content (AvgIpc) is 2.13. The average molecular weight is 204 g/mol. The number of carbonyl (C=O) groups is 2. The summed E-state index contributed by atoms with van der Waals surface area (Å²) in [5.41, 5.74) is 0. The molecule has 82 valence electrons. The predicted octanol–water partition coefficient (Wildman–Crippen LogP) is -0.205. The highest BCUT2D eigenvalue weighted by Crippen LogP contribution is 1.83. The van der Waals surface area contributed by atoms with Gasteiger partial charge in [0.1, 0.15) is 0 Å². The molecule has 0 aromatic carbocycles. The van der Waals surface area contributed by atoms with E-state index in [1.165, 1.54) is 0 Å². The third-order valence-corrected chi connectivity index (χ3v) is 1.58. The number of rotatable bonds is 6. The molecule has 14 heavy (non-hydrogen) atoms. The number of ether oxygens (including phenoxy) is 1. The number of methoxy groups -OCH3 is 1. The minimum Gasteiger partial charge on any atom is -0.481 e. The first-order valence-corrected chi connectivity index (χ1v) is 4.32. The molecule has 0 aliphatic rings. The summed E-state index contributed by atoms with van der Waals surface area (Å²) in [6, 6.07) is -0.379. The molecule has 2 amide bonds. The fourth-order valence-electron chi connectivity index (χ4n) is 0.665. The van der Waals surface area contributed by atoms with E-state index in [4.69, 9.17) is 9.84 Å². The predicted molar refractivity (Wildman–Crippen MR) is 50.1 cm³/mol. The van der Waals surface area contributed by atoms with Crippen molar-refractivity contribution in [2.24, 2.45) is 0 Å². The summed E-state index contributed by atoms with van der Waals surface area (Å²) in [7, 11) is 1.55. The van der Waals surface area contributed by atoms with Crippen molar-refractivity contribution in [1.82, 2.24) is 10.6 Å². The van der Waals surface area contributed by atoms with Crippen molar-refractivity contribution in [2.45, 2.75) is 19.4 Å². The molecule has 0 aliphatic heterocycles. The maximum absolute atomic E-state index is 11.0. The Morgan fingerprint density at radius 2 is 2.07 bits per heavy atom. The van der Waals surface area contributed by atoms with Gasteiger partial charge in [-0.1, -0.05) is 0 Å². The molecule has 0 aromatic heterocycles. The van der Waals surface area contributed by atoms with Crippen molar-refractivity contribution in [1.29, 1.82) is 0 Å². The van der Waals surface area contributed by atoms with E-state index in [-0.39, 0.29) is 25.1 Å². The Hall–Kier alpha value is -1.30. The molecule has 0 spiro atoms. The van der Waals surface area contributed by atoms with Crippen molar-refractivity contribution >= 4 is 12.0 Å². The first kappa shape index (κ1) is 12.7. The minimum atomic E-state index is -0.935. The van der Waals surface area contributed by atoms with E-state index in [9.17, 15) is 9.59 Å². The Bertz CT molecular complexity index is 196. The topological polar surface area (TPSA) is 87.7 Å². The van der Waals surface area contributed by atoms with Gasteiger partial charge < -0.3 is 20.5 Å². The molecule has 0 saturated heterocycles. The van der Waals surface area contributed by atoms with Gasteiger partial charge in [-0.05, 0) is 6.92 Å². The maximum Gasteiger partial charge on any atom is 0.314 e. The molecular weight excluding hydrogens is 188 g/mol. The van der Waals surface area contributed by atoms with Crippen LogP contribution in [0.3, 0.4) is 0 Å². The number of urea groups is 1. The molecule has 6 nitrogen and oxygen atoms in total. The third kappa shape index (κ3) is 7.35. The number of carbonyl (C=O) groups excluding carboxylic acids is 1. The smallest absolute Gasteiger partial charge is 0.314 e. The fraction of sp³-hybridized carbons (Fsp3) is 0.750. The normalized spacial score (nSPS) is 11.9. The highest BCUT2D eigenvalue weighted by Gasteiger charge is 2.03. The van der Waals surface area contributed by atoms with Crippen LogP contribution in [0.4, 0.5) is 4.79 Å². The van der Waals surface area contributed by atoms with Crippen LogP contribution in [0.25, 0.3) is 0 Å². The Labute approximate surface area is 82.6 Å². The summed E-state index contributed by atoms with van der Waals surface area (Å²) < 4.78 is 4.91. The van der Waals surface area contributed by atoms with Gasteiger partial charge in [-0.25, -0.2) is 4.79 Å². The maximum atomic E-state index is 11.0. The second-order valence-corrected chi connectivity index (χ2v) is 2.83. The van der Waals surface area contributed by atoms with E-state index in [1.807, 2.05) is 6.92 Å². The lowest BCUT2D eigenvalue weighted by Crippen LogP contribution is -2.40. The quantitative estimate of drug-likeness (QED) is 0.559. The van der Waals surface area contributed by atoms with Crippen LogP contribution in [0.5, 0.6) is 0 Å². The highest BCUT2D eigenvalue weighted by atomic mass is 16.5. The zero-order valence-corrected chi connectivity index (χ0v) is 8.37. The van der Waals surface area contributed by atoms with Crippen molar-refractivity contribution < 1.29 is 19.4 Å². The van der Waals surface area contributed by atoms with Gasteiger partial charge in [0.15, 0.2) is 0 Å². The second kappa shape index (κ2) is 7.14. The number of hydrogen-bond donors (Lipinski definition) is 3. The molecule has 1 atom stereocenters. The van der Waals surface area contributed by atoms with E-state index in [0.29, 0.717) is 6.54 Å². The number of hydrogen-bond acceptors (Lipinski definition) is 3. The van der Waals surface area contributed by atoms with Crippen LogP contribution in [0, 0.1) is 0 Å². The van der Waals surface area contributed by atoms with Crippen LogP contribution in [0.15, 0.2) is 0 Å². The van der Waals surface area contributed by atoms with Gasteiger partial charge in [0, 0.05) is 20.2 Å². The first-order chi connectivity index (χ1) is 6.56. The van der Waals surface area contributed by atoms with Gasteiger partial charge in [0.05, 0.1) is 12.5 Å². The standard InChI is InChI=1S/C8H16N2O4/c1-6(14-2)5-10-8(13)9-4-3-7(11)12/h6H,3-5H2,1-2H3,(H,11,12)(H2,9,10,13). The van der Waals surface area contributed by atoms with E-state index < -0.39 is 5.97 Å². The number of nitrogens with one attached hydrogen (secondary N) is 2. The van der Waals surface area contributed by atoms with Crippen molar-refractivity contribution in [3.8, 4) is 0 Å². The van der Waals surface area contributed by atoms with E-state index in [2.05, 4.69) is 10.6 Å². The molecule has 6 heteroatoms. The summed E-state index contributed by atoms with van der Waals surface area (Å²) >= 11 is 0. The summed E-state index contributed by atoms with van der Waals surface area (Å²) in [5, 5.41) is 13.2. The third-order valence-electron chi connectivity index (χ3n) is 1.58. The summed E-state index contributed by atoms with van der Waals surface area (Å²) in [5.74, 6) is -0.935. The molecular formula is C8H16N2O4. The Balaban J connectivity index is 3.41. The molecule has 3 N–H and O–H groups in total. The van der Waals surface area contributed by atoms with E-state index in [1.54, 1.807) is 7.11 Å². The monoisotopic (exact) mass is 204 g/mol. The van der Waals surface area contributed by atoms with Crippen molar-refractivity contribution in [3.05, 3.63) is 0 Å². The highest BCUT2D eigenvalue weighted by molar-refractivity contribution is 5.74. The van der Waals surface area contributed by atoms with Crippen LogP contribution in [0.2, 0.25) is 0 Å². The number of amides is 2. The van der Waals surface area contributed by atoms with E-state index in [0.717, 1.165) is 0 Å². The molecule has 0 fully saturated rings. The van der Waals surface area contributed by atoms with Gasteiger partial charge in [-0.3, -0.25) is 4.79 Å². The van der Waals surface area contributed by atoms with Gasteiger partial charge >= 0.3 is 12.0 Å². The largest absolute Gasteiger partial charge is 0.481 e. The molecule has 1 unspecified atom stereocenters. The molecule has 0 aliphatic carbocycles. The zero-order chi connectivity index (χ0) is 11.0. The molecule has 0 saturated carbocycles. The zero-order valence-electron chi connectivity index (χ0n) is 8.37. The Morgan fingerprint density at radius 3 is 2.57 bits per heavy atom. The molecule has 0 aromatic rings. The SMILES string of the molecule is COC(C)CNC(=O)NCCC(=O)O. The van der Waals surface area contributed by atoms with Crippen molar-refractivity contribution in [3.63, 3.8) is 0 Å². The molecule has 0 radical (unpaired) electrons. The molecule has 0 rings (SSSR count). The van der Waals surface area contributed by atoms with Gasteiger partial charge in [-0.15, -0.1) is 0 Å². The lowest BCUT2D eigenvalue weighted by molar-refractivity contribution is -0.136. The number of carboxylic acid groups (broad SMARTS) is 1. The van der Waals surface area contributed by atoms with Crippen LogP contribution in [-0.4, -0.2) is 43.4 Å². The van der Waals surface area contributed by atoms with Crippen LogP contribution < -0.4 is 10.6 Å². The van der Waals surface area contributed by atoms with Gasteiger partial charge in [0.2, 0.25) is 0 Å². The van der Waals surface area contributed by atoms with Gasteiger partial charge in [-0.2, -0.15) is 0 Å². The second-order valence-electron chi connectivity index (χ2n) is 2.83. The Morgan fingerprint density at radius 1 is 1.43 bits per heavy atom. The first-order valence-electron chi connectivity index (χ1n) is 4.32. The number of aliphatic carboxylic acids is 1. The summed E-state index contributed by atoms with van der Waals surface area (Å²) in [6.07, 6.45) is -0.131. The van der Waals surface area contributed by atoms with E-state index >= 15 is 0 Å². The summed E-state index contributed by atoms with van der Waals surface area (Å²) in [4.78, 5) is 21.1. The van der Waals surface area contributed by atoms with Crippen LogP contribution in [-0.2, 0) is 9.53 Å². The van der Waals surface area contributed by atoms with Crippen LogP contribution in [0.1, 0.15) is 13.3 Å². The fourth-order valence-corrected chi connectivity index (χ4v) is 0.665. The van der Waals surface area contributed by atoms with Gasteiger partial charge in [0.25, 0.3) is 0 Å². The Kier molecular flexibility index (Phi) is 6.47. The molecule has 0 heterocycles. The lowest BCUT2D eigenvalue weighted by Gasteiger charge is -2.11. The summed E-state index contributed by atoms with van der Waals surface area (Å²) in [6.45, 7) is 2.34.